The second-order valence-corrected chi connectivity index (χ2v) is 26.5. The molecule has 11 rings (SSSR count). The minimum absolute atomic E-state index is 0.0970. The van der Waals surface area contributed by atoms with Gasteiger partial charge in [0.25, 0.3) is 0 Å². The summed E-state index contributed by atoms with van der Waals surface area (Å²) < 4.78 is 25.1. The largest absolute Gasteiger partial charge is 0.508 e. The number of fused-ring (bicyclic) bond motifs is 15. The van der Waals surface area contributed by atoms with Crippen molar-refractivity contribution in [1.29, 1.82) is 0 Å². The van der Waals surface area contributed by atoms with E-state index in [9.17, 15) is 70.2 Å². The first-order valence-corrected chi connectivity index (χ1v) is 33.8. The number of ether oxygens (including phenoxy) is 4. The van der Waals surface area contributed by atoms with Gasteiger partial charge in [-0.25, -0.2) is 4.79 Å². The Morgan fingerprint density at radius 1 is 0.657 bits per heavy atom. The molecule has 6 aliphatic rings. The number of aromatic hydroxyl groups is 3. The lowest BCUT2D eigenvalue weighted by molar-refractivity contribution is -0.277. The molecule has 0 spiro atoms. The van der Waals surface area contributed by atoms with Crippen molar-refractivity contribution in [2.45, 2.75) is 157 Å². The number of halogens is 2. The Balaban J connectivity index is 1.29. The van der Waals surface area contributed by atoms with E-state index < -0.39 is 207 Å². The summed E-state index contributed by atoms with van der Waals surface area (Å²) in [6.07, 6.45) is -9.44. The van der Waals surface area contributed by atoms with Gasteiger partial charge >= 0.3 is 5.97 Å². The summed E-state index contributed by atoms with van der Waals surface area (Å²) in [7, 11) is 1.48. The number of amides is 7. The van der Waals surface area contributed by atoms with Crippen LogP contribution in [0.4, 0.5) is 0 Å². The lowest BCUT2D eigenvalue weighted by Crippen LogP contribution is -2.60. The molecule has 5 aromatic rings. The number of nitrogens with one attached hydrogen (secondary N) is 9. The average molecular weight is 1480 g/mol. The Morgan fingerprint density at radius 2 is 1.26 bits per heavy atom. The number of benzene rings is 5. The van der Waals surface area contributed by atoms with Crippen LogP contribution in [0.2, 0.25) is 10.0 Å². The van der Waals surface area contributed by atoms with E-state index in [1.807, 2.05) is 13.8 Å². The number of aliphatic carboxylic acids is 1. The van der Waals surface area contributed by atoms with E-state index in [0.717, 1.165) is 98.8 Å². The SMILES string of the molecule is CCCCCCCCNC(=S)NC(=O)CC1NC(=O)C(NC(=O)[C@@H](CC(C)C)NC)[C@H](O)c2ccc(c(Cl)c2)Oc2cc3cc(c2O[C@H]2O[C@H](CO)[C@@H](O)[C@H](O)[C@H]2O)Oc2ccc(cc2Cl)[C@@H](O)[C@@H]2NC(=O)[C@H](NC(=O)C3NC1=O)c1ccc(O)c(c1)-c1c(O)cc(O)cc1[C@H](C(=O)O)NC2=O. The molecule has 0 radical (unpaired) electrons. The molecule has 0 aliphatic carbocycles. The van der Waals surface area contributed by atoms with Gasteiger partial charge in [-0.1, -0.05) is 94.3 Å². The molecule has 19 N–H and O–H groups in total. The highest BCUT2D eigenvalue weighted by Crippen LogP contribution is 2.49. The Morgan fingerprint density at radius 3 is 1.88 bits per heavy atom. The summed E-state index contributed by atoms with van der Waals surface area (Å²) in [6.45, 7) is 5.11. The van der Waals surface area contributed by atoms with Crippen LogP contribution >= 0.6 is 35.4 Å². The van der Waals surface area contributed by atoms with Gasteiger partial charge in [0, 0.05) is 29.3 Å². The van der Waals surface area contributed by atoms with Crippen LogP contribution in [0.3, 0.4) is 0 Å². The van der Waals surface area contributed by atoms with Crippen molar-refractivity contribution in [3.63, 3.8) is 0 Å². The number of phenols is 3. The van der Waals surface area contributed by atoms with Gasteiger partial charge in [0.05, 0.1) is 29.1 Å². The normalized spacial score (nSPS) is 24.6. The first-order valence-electron chi connectivity index (χ1n) is 32.7. The number of carbonyl (C=O) groups is 8. The van der Waals surface area contributed by atoms with Gasteiger partial charge in [0.1, 0.15) is 95.6 Å². The zero-order valence-corrected chi connectivity index (χ0v) is 57.6. The predicted molar refractivity (Wildman–Crippen MR) is 366 cm³/mol. The molecule has 6 heterocycles. The summed E-state index contributed by atoms with van der Waals surface area (Å²) in [5.74, 6) is -15.6. The highest BCUT2D eigenvalue weighted by molar-refractivity contribution is 7.80. The van der Waals surface area contributed by atoms with Crippen LogP contribution in [0, 0.1) is 5.92 Å². The van der Waals surface area contributed by atoms with E-state index in [1.165, 1.54) is 19.2 Å². The molecule has 14 atom stereocenters. The average Bonchev–Trinajstić information content (AvgIpc) is 0.769. The summed E-state index contributed by atoms with van der Waals surface area (Å²) >= 11 is 19.5. The maximum absolute atomic E-state index is 16.1. The third-order valence-corrected chi connectivity index (χ3v) is 18.3. The van der Waals surface area contributed by atoms with E-state index in [0.29, 0.717) is 13.0 Å². The van der Waals surface area contributed by atoms with Gasteiger partial charge in [-0.05, 0) is 115 Å². The zero-order valence-electron chi connectivity index (χ0n) is 55.3. The number of thiocarbonyl (C=S) groups is 1. The van der Waals surface area contributed by atoms with Crippen LogP contribution in [0.15, 0.2) is 78.9 Å². The third-order valence-electron chi connectivity index (χ3n) is 17.4. The van der Waals surface area contributed by atoms with Crippen molar-refractivity contribution >= 4 is 87.9 Å². The zero-order chi connectivity index (χ0) is 74.1. The molecule has 31 nitrogen and oxygen atoms in total. The van der Waals surface area contributed by atoms with Crippen molar-refractivity contribution in [3.8, 4) is 57.1 Å². The van der Waals surface area contributed by atoms with Crippen LogP contribution in [0.1, 0.15) is 130 Å². The second-order valence-electron chi connectivity index (χ2n) is 25.3. The summed E-state index contributed by atoms with van der Waals surface area (Å²) in [5.41, 5.74) is -2.78. The van der Waals surface area contributed by atoms with Crippen molar-refractivity contribution in [2.24, 2.45) is 5.92 Å². The summed E-state index contributed by atoms with van der Waals surface area (Å²) in [5, 5.41) is 135. The molecular weight excluding hydrogens is 1400 g/mol. The van der Waals surface area contributed by atoms with Crippen molar-refractivity contribution < 1.29 is 108 Å². The van der Waals surface area contributed by atoms with Gasteiger partial charge in [0.15, 0.2) is 22.7 Å². The first kappa shape index (κ1) is 77.0. The van der Waals surface area contributed by atoms with Gasteiger partial charge in [-0.3, -0.25) is 33.6 Å². The number of hydrogen-bond acceptors (Lipinski definition) is 23. The van der Waals surface area contributed by atoms with Crippen LogP contribution in [-0.4, -0.2) is 179 Å². The smallest absolute Gasteiger partial charge is 0.330 e. The minimum atomic E-state index is -2.34. The number of unbranched alkanes of at least 4 members (excludes halogenated alkanes) is 5. The van der Waals surface area contributed by atoms with E-state index in [-0.39, 0.29) is 50.7 Å². The first-order chi connectivity index (χ1) is 48.5. The summed E-state index contributed by atoms with van der Waals surface area (Å²) in [6, 6.07) is -0.590. The van der Waals surface area contributed by atoms with Gasteiger partial charge < -0.3 is 118 Å². The molecule has 1 saturated heterocycles. The molecule has 34 heteroatoms. The lowest BCUT2D eigenvalue weighted by atomic mass is 9.89. The topological polar surface area (TPSA) is 484 Å². The molecule has 0 saturated carbocycles. The maximum Gasteiger partial charge on any atom is 0.330 e. The Bertz CT molecular complexity index is 4020. The molecule has 3 unspecified atom stereocenters. The number of phenolic OH excluding ortho intramolecular Hbond substituents is 3. The maximum atomic E-state index is 16.1. The fourth-order valence-electron chi connectivity index (χ4n) is 12.0. The molecule has 11 bridgehead atoms. The number of likely N-dealkylation sites (N-methyl/N-ethyl adjacent to an activating group) is 1. The minimum Gasteiger partial charge on any atom is -0.508 e. The Hall–Kier alpha value is -9.19. The van der Waals surface area contributed by atoms with Crippen LogP contribution in [0.5, 0.6) is 46.0 Å². The predicted octanol–water partition coefficient (Wildman–Crippen LogP) is 2.73. The number of aliphatic hydroxyl groups excluding tert-OH is 6. The van der Waals surface area contributed by atoms with Crippen molar-refractivity contribution in [2.75, 3.05) is 20.2 Å². The fraction of sp³-hybridized carbons (Fsp3) is 0.426. The molecule has 1 fully saturated rings. The molecule has 5 aromatic carbocycles. The van der Waals surface area contributed by atoms with E-state index in [4.69, 9.17) is 54.4 Å². The second kappa shape index (κ2) is 33.7. The number of rotatable bonds is 18. The van der Waals surface area contributed by atoms with Crippen molar-refractivity contribution in [3.05, 3.63) is 117 Å². The van der Waals surface area contributed by atoms with Gasteiger partial charge in [-0.15, -0.1) is 0 Å². The standard InChI is InChI=1S/C68H79Cl2N9O22S/c1-5-6-7-8-9-10-17-72-68(102)74-47(84)26-39-61(91)75-50-32-22-44(98-42-15-12-30(20-36(42)69)54(85)52(64(94)73-39)78-60(90)38(71-4)18-28(2)3)59(101-67-58(89)57(88)56(87)46(27-80)100-67)45(23-32)99-43-16-13-31(21-37(43)70)55(86)53-65(95)77-51(66(96)97)35-24-33(81)25-41(83)48(35)34-19-29(11-14-40(34)82)49(62(92)79-53)76-63(50)93/h11-16,19-25,28,38-39,46,49-58,67,71,80-83,85-89H,5-10,17-18,26-27H2,1-4H3,(H,73,94)(H,75,91)(H,76,93)(H,77,95)(H,78,90)(H,79,92)(H,96,97)(H2,72,74,84,102)/t38-,39?,46-,49-,50?,51-,52?,53+,54-,55-,56-,57+,58-,67-/m1/s1. The van der Waals surface area contributed by atoms with E-state index >= 15 is 19.2 Å². The monoisotopic (exact) mass is 1480 g/mol. The molecule has 548 valence electrons. The quantitative estimate of drug-likeness (QED) is 0.0443. The van der Waals surface area contributed by atoms with Crippen molar-refractivity contribution in [1.82, 2.24) is 47.9 Å². The third kappa shape index (κ3) is 17.8. The molecule has 7 amide bonds. The number of carboxylic acid groups (broad SMARTS) is 1. The highest BCUT2D eigenvalue weighted by atomic mass is 35.5. The Labute approximate surface area is 598 Å². The number of carbonyl (C=O) groups excluding carboxylic acids is 7. The molecule has 6 aliphatic heterocycles. The Kier molecular flexibility index (Phi) is 25.5. The number of hydrogen-bond donors (Lipinski definition) is 19. The molecule has 102 heavy (non-hydrogen) atoms. The van der Waals surface area contributed by atoms with E-state index in [2.05, 4.69) is 54.8 Å². The number of carboxylic acids is 1. The van der Waals surface area contributed by atoms with Gasteiger partial charge in [0.2, 0.25) is 53.4 Å². The van der Waals surface area contributed by atoms with Crippen LogP contribution in [0.25, 0.3) is 11.1 Å². The molecule has 0 aromatic heterocycles. The van der Waals surface area contributed by atoms with E-state index in [1.54, 1.807) is 0 Å². The lowest BCUT2D eigenvalue weighted by Gasteiger charge is -2.39. The number of aliphatic hydroxyl groups is 6. The molecular formula is C68H79Cl2N9O22S. The fourth-order valence-corrected chi connectivity index (χ4v) is 12.7. The highest BCUT2D eigenvalue weighted by Gasteiger charge is 2.47. The summed E-state index contributed by atoms with van der Waals surface area (Å²) in [4.78, 5) is 119. The van der Waals surface area contributed by atoms with Crippen LogP contribution < -0.4 is 62.1 Å². The van der Waals surface area contributed by atoms with Crippen LogP contribution in [-0.2, 0) is 43.1 Å². The van der Waals surface area contributed by atoms with Gasteiger partial charge in [-0.2, -0.15) is 0 Å².